The van der Waals surface area contributed by atoms with E-state index in [1.807, 2.05) is 0 Å². The van der Waals surface area contributed by atoms with Crippen molar-refractivity contribution in [3.8, 4) is 0 Å². The lowest BCUT2D eigenvalue weighted by Crippen LogP contribution is -2.23. The predicted molar refractivity (Wildman–Crippen MR) is 87.0 cm³/mol. The third kappa shape index (κ3) is 7.66. The Bertz CT molecular complexity index is 323. The summed E-state index contributed by atoms with van der Waals surface area (Å²) in [7, 11) is 0. The Morgan fingerprint density at radius 3 is 2.45 bits per heavy atom. The van der Waals surface area contributed by atoms with Crippen LogP contribution in [0.5, 0.6) is 0 Å². The van der Waals surface area contributed by atoms with Gasteiger partial charge >= 0.3 is 0 Å². The maximum absolute atomic E-state index is 5.57. The van der Waals surface area contributed by atoms with Crippen LogP contribution in [0, 0.1) is 0 Å². The van der Waals surface area contributed by atoms with E-state index >= 15 is 0 Å². The molecule has 0 radical (unpaired) electrons. The molecule has 1 aromatic rings. The van der Waals surface area contributed by atoms with E-state index in [0.717, 1.165) is 19.6 Å². The van der Waals surface area contributed by atoms with Gasteiger partial charge in [-0.2, -0.15) is 0 Å². The fourth-order valence-corrected chi connectivity index (χ4v) is 2.30. The summed E-state index contributed by atoms with van der Waals surface area (Å²) in [6.45, 7) is 8.39. The summed E-state index contributed by atoms with van der Waals surface area (Å²) in [6, 6.07) is 11.3. The number of ether oxygens (including phenoxy) is 1. The van der Waals surface area contributed by atoms with Gasteiger partial charge in [0.25, 0.3) is 0 Å². The third-order valence-corrected chi connectivity index (χ3v) is 3.46. The Hall–Kier alpha value is -0.860. The molecule has 1 aromatic carbocycles. The molecule has 0 aliphatic carbocycles. The molecule has 0 aromatic heterocycles. The third-order valence-electron chi connectivity index (χ3n) is 3.46. The van der Waals surface area contributed by atoms with Gasteiger partial charge in [0.15, 0.2) is 0 Å². The van der Waals surface area contributed by atoms with Crippen LogP contribution in [0.4, 0.5) is 0 Å². The quantitative estimate of drug-likeness (QED) is 0.591. The van der Waals surface area contributed by atoms with Crippen molar-refractivity contribution >= 4 is 0 Å². The molecule has 0 spiro atoms. The van der Waals surface area contributed by atoms with Crippen LogP contribution in [0.2, 0.25) is 0 Å². The lowest BCUT2D eigenvalue weighted by molar-refractivity contribution is 0.0759. The van der Waals surface area contributed by atoms with Crippen LogP contribution in [0.15, 0.2) is 30.3 Å². The Labute approximate surface area is 124 Å². The summed E-state index contributed by atoms with van der Waals surface area (Å²) in [5.74, 6) is 0. The van der Waals surface area contributed by atoms with Crippen LogP contribution < -0.4 is 5.32 Å². The number of hydrogen-bond acceptors (Lipinski definition) is 2. The van der Waals surface area contributed by atoms with E-state index < -0.39 is 0 Å². The lowest BCUT2D eigenvalue weighted by atomic mass is 10.0. The van der Waals surface area contributed by atoms with E-state index in [0.29, 0.717) is 12.1 Å². The summed E-state index contributed by atoms with van der Waals surface area (Å²) in [5, 5.41) is 3.70. The second-order valence-electron chi connectivity index (χ2n) is 5.69. The fourth-order valence-electron chi connectivity index (χ4n) is 2.30. The number of nitrogens with one attached hydrogen (secondary N) is 1. The monoisotopic (exact) mass is 277 g/mol. The Morgan fingerprint density at radius 2 is 1.80 bits per heavy atom. The summed E-state index contributed by atoms with van der Waals surface area (Å²) < 4.78 is 5.57. The Morgan fingerprint density at radius 1 is 1.05 bits per heavy atom. The van der Waals surface area contributed by atoms with Crippen molar-refractivity contribution in [1.82, 2.24) is 5.32 Å². The van der Waals surface area contributed by atoms with Crippen LogP contribution in [-0.4, -0.2) is 19.3 Å². The molecule has 0 amide bonds. The molecule has 2 nitrogen and oxygen atoms in total. The molecule has 0 saturated heterocycles. The average Bonchev–Trinajstić information content (AvgIpc) is 2.46. The molecule has 0 fully saturated rings. The van der Waals surface area contributed by atoms with Crippen molar-refractivity contribution in [2.24, 2.45) is 0 Å². The van der Waals surface area contributed by atoms with Gasteiger partial charge in [0.1, 0.15) is 0 Å². The molecule has 1 unspecified atom stereocenters. The standard InChI is InChI=1S/C18H31NO/c1-4-5-13-18(17-11-7-6-8-12-17)19-14-9-10-15-20-16(2)3/h6-8,11-12,16,18-19H,4-5,9-10,13-15H2,1-3H3. The molecule has 0 aliphatic heterocycles. The SMILES string of the molecule is CCCCC(NCCCCOC(C)C)c1ccccc1. The van der Waals surface area contributed by atoms with Crippen LogP contribution in [0.25, 0.3) is 0 Å². The van der Waals surface area contributed by atoms with Crippen molar-refractivity contribution in [3.05, 3.63) is 35.9 Å². The zero-order chi connectivity index (χ0) is 14.6. The van der Waals surface area contributed by atoms with Gasteiger partial charge in [0, 0.05) is 12.6 Å². The minimum absolute atomic E-state index is 0.351. The molecular weight excluding hydrogens is 246 g/mol. The smallest absolute Gasteiger partial charge is 0.0518 e. The molecule has 1 atom stereocenters. The average molecular weight is 277 g/mol. The van der Waals surface area contributed by atoms with E-state index in [1.165, 1.54) is 31.2 Å². The molecule has 1 N–H and O–H groups in total. The van der Waals surface area contributed by atoms with Crippen molar-refractivity contribution in [2.75, 3.05) is 13.2 Å². The molecule has 20 heavy (non-hydrogen) atoms. The molecule has 1 rings (SSSR count). The summed E-state index contributed by atoms with van der Waals surface area (Å²) in [6.07, 6.45) is 6.44. The fraction of sp³-hybridized carbons (Fsp3) is 0.667. The van der Waals surface area contributed by atoms with Crippen LogP contribution in [0.1, 0.15) is 64.5 Å². The molecule has 0 bridgehead atoms. The number of rotatable bonds is 11. The highest BCUT2D eigenvalue weighted by Gasteiger charge is 2.09. The number of hydrogen-bond donors (Lipinski definition) is 1. The topological polar surface area (TPSA) is 21.3 Å². The van der Waals surface area contributed by atoms with E-state index in [9.17, 15) is 0 Å². The molecule has 0 aliphatic rings. The van der Waals surface area contributed by atoms with E-state index in [4.69, 9.17) is 4.74 Å². The van der Waals surface area contributed by atoms with Crippen LogP contribution >= 0.6 is 0 Å². The van der Waals surface area contributed by atoms with Gasteiger partial charge < -0.3 is 10.1 Å². The van der Waals surface area contributed by atoms with E-state index in [-0.39, 0.29) is 0 Å². The lowest BCUT2D eigenvalue weighted by Gasteiger charge is -2.19. The first-order valence-corrected chi connectivity index (χ1v) is 8.14. The minimum atomic E-state index is 0.351. The van der Waals surface area contributed by atoms with Crippen LogP contribution in [0.3, 0.4) is 0 Å². The van der Waals surface area contributed by atoms with Gasteiger partial charge in [-0.25, -0.2) is 0 Å². The zero-order valence-electron chi connectivity index (χ0n) is 13.4. The van der Waals surface area contributed by atoms with Crippen molar-refractivity contribution in [3.63, 3.8) is 0 Å². The zero-order valence-corrected chi connectivity index (χ0v) is 13.4. The Balaban J connectivity index is 2.27. The van der Waals surface area contributed by atoms with Crippen molar-refractivity contribution < 1.29 is 4.74 Å². The van der Waals surface area contributed by atoms with Gasteiger partial charge in [-0.05, 0) is 45.2 Å². The molecule has 0 saturated carbocycles. The van der Waals surface area contributed by atoms with E-state index in [1.54, 1.807) is 0 Å². The van der Waals surface area contributed by atoms with Gasteiger partial charge in [-0.15, -0.1) is 0 Å². The largest absolute Gasteiger partial charge is 0.379 e. The first-order chi connectivity index (χ1) is 9.74. The summed E-state index contributed by atoms with van der Waals surface area (Å²) >= 11 is 0. The molecular formula is C18H31NO. The number of benzene rings is 1. The maximum Gasteiger partial charge on any atom is 0.0518 e. The second-order valence-corrected chi connectivity index (χ2v) is 5.69. The molecule has 0 heterocycles. The summed E-state index contributed by atoms with van der Waals surface area (Å²) in [4.78, 5) is 0. The summed E-state index contributed by atoms with van der Waals surface area (Å²) in [5.41, 5.74) is 1.42. The number of unbranched alkanes of at least 4 members (excludes halogenated alkanes) is 2. The highest BCUT2D eigenvalue weighted by Crippen LogP contribution is 2.19. The highest BCUT2D eigenvalue weighted by molar-refractivity contribution is 5.18. The molecule has 2 heteroatoms. The van der Waals surface area contributed by atoms with Crippen LogP contribution in [-0.2, 0) is 4.74 Å². The minimum Gasteiger partial charge on any atom is -0.379 e. The first-order valence-electron chi connectivity index (χ1n) is 8.14. The Kier molecular flexibility index (Phi) is 9.35. The van der Waals surface area contributed by atoms with Gasteiger partial charge in [0.2, 0.25) is 0 Å². The van der Waals surface area contributed by atoms with Gasteiger partial charge in [-0.1, -0.05) is 50.1 Å². The van der Waals surface area contributed by atoms with E-state index in [2.05, 4.69) is 56.4 Å². The van der Waals surface area contributed by atoms with Crippen molar-refractivity contribution in [2.45, 2.75) is 65.0 Å². The normalized spacial score (nSPS) is 12.8. The molecule has 114 valence electrons. The highest BCUT2D eigenvalue weighted by atomic mass is 16.5. The predicted octanol–water partition coefficient (Wildman–Crippen LogP) is 4.71. The maximum atomic E-state index is 5.57. The first kappa shape index (κ1) is 17.2. The van der Waals surface area contributed by atoms with Gasteiger partial charge in [0.05, 0.1) is 6.10 Å². The second kappa shape index (κ2) is 10.9. The van der Waals surface area contributed by atoms with Gasteiger partial charge in [-0.3, -0.25) is 0 Å². The van der Waals surface area contributed by atoms with Crippen molar-refractivity contribution in [1.29, 1.82) is 0 Å².